The summed E-state index contributed by atoms with van der Waals surface area (Å²) >= 11 is 6.36. The van der Waals surface area contributed by atoms with E-state index in [-0.39, 0.29) is 23.3 Å². The molecule has 1 atom stereocenters. The molecule has 0 fully saturated rings. The molecule has 0 saturated heterocycles. The van der Waals surface area contributed by atoms with E-state index >= 15 is 0 Å². The molecule has 0 unspecified atom stereocenters. The molecule has 3 nitrogen and oxygen atoms in total. The van der Waals surface area contributed by atoms with Gasteiger partial charge < -0.3 is 4.74 Å². The highest BCUT2D eigenvalue weighted by atomic mass is 35.5. The zero-order valence-corrected chi connectivity index (χ0v) is 15.8. The molecule has 2 rings (SSSR count). The van der Waals surface area contributed by atoms with E-state index in [1.165, 1.54) is 18.2 Å². The molecule has 0 bridgehead atoms. The summed E-state index contributed by atoms with van der Waals surface area (Å²) in [5.41, 5.74) is 1.51. The maximum absolute atomic E-state index is 12.9. The van der Waals surface area contributed by atoms with Crippen LogP contribution in [0.5, 0.6) is 5.75 Å². The standard InChI is InChI=1S/C18H20ClF5N2O/c1-4-13-15(19)16(26(5-2)25-13)12-7-6-11(8-10(3)18(22,23)24)9-14(12)27-17(20)21/h6-7,9-10,17H,4-5,8H2,1-3H3/t10-/m0/s1. The summed E-state index contributed by atoms with van der Waals surface area (Å²) in [4.78, 5) is 0. The Labute approximate surface area is 159 Å². The average molecular weight is 411 g/mol. The van der Waals surface area contributed by atoms with Crippen LogP contribution in [0.3, 0.4) is 0 Å². The van der Waals surface area contributed by atoms with Crippen molar-refractivity contribution in [2.24, 2.45) is 5.92 Å². The lowest BCUT2D eigenvalue weighted by molar-refractivity contribution is -0.169. The van der Waals surface area contributed by atoms with Crippen LogP contribution < -0.4 is 4.74 Å². The highest BCUT2D eigenvalue weighted by molar-refractivity contribution is 6.33. The molecule has 0 spiro atoms. The number of halogens is 6. The van der Waals surface area contributed by atoms with Gasteiger partial charge in [0.2, 0.25) is 0 Å². The van der Waals surface area contributed by atoms with Gasteiger partial charge in [-0.1, -0.05) is 31.5 Å². The Bertz CT molecular complexity index is 789. The number of benzene rings is 1. The van der Waals surface area contributed by atoms with E-state index in [1.807, 2.05) is 13.8 Å². The molecule has 0 saturated carbocycles. The van der Waals surface area contributed by atoms with E-state index in [0.29, 0.717) is 29.4 Å². The van der Waals surface area contributed by atoms with Gasteiger partial charge in [-0.3, -0.25) is 4.68 Å². The van der Waals surface area contributed by atoms with E-state index in [2.05, 4.69) is 9.84 Å². The maximum atomic E-state index is 12.9. The van der Waals surface area contributed by atoms with Gasteiger partial charge in [-0.15, -0.1) is 0 Å². The first-order chi connectivity index (χ1) is 12.6. The summed E-state index contributed by atoms with van der Waals surface area (Å²) in [5, 5.41) is 4.65. The molecule has 0 N–H and O–H groups in total. The van der Waals surface area contributed by atoms with E-state index in [1.54, 1.807) is 4.68 Å². The van der Waals surface area contributed by atoms with Crippen LogP contribution in [0.15, 0.2) is 18.2 Å². The lowest BCUT2D eigenvalue weighted by atomic mass is 9.98. The van der Waals surface area contributed by atoms with Crippen LogP contribution in [0.1, 0.15) is 32.0 Å². The molecule has 9 heteroatoms. The number of aryl methyl sites for hydroxylation is 2. The Morgan fingerprint density at radius 2 is 1.89 bits per heavy atom. The van der Waals surface area contributed by atoms with Crippen molar-refractivity contribution >= 4 is 11.6 Å². The molecule has 1 aromatic carbocycles. The Hall–Kier alpha value is -1.83. The Balaban J connectivity index is 2.53. The van der Waals surface area contributed by atoms with Crippen molar-refractivity contribution in [2.75, 3.05) is 0 Å². The third-order valence-corrected chi connectivity index (χ3v) is 4.61. The third-order valence-electron chi connectivity index (χ3n) is 4.21. The molecular formula is C18H20ClF5N2O. The number of aromatic nitrogens is 2. The van der Waals surface area contributed by atoms with E-state index in [9.17, 15) is 22.0 Å². The van der Waals surface area contributed by atoms with Gasteiger partial charge in [0.1, 0.15) is 5.75 Å². The molecule has 0 aliphatic rings. The van der Waals surface area contributed by atoms with E-state index in [0.717, 1.165) is 6.92 Å². The van der Waals surface area contributed by atoms with Gasteiger partial charge in [0, 0.05) is 12.1 Å². The zero-order chi connectivity index (χ0) is 20.4. The van der Waals surface area contributed by atoms with Crippen molar-refractivity contribution in [3.05, 3.63) is 34.5 Å². The summed E-state index contributed by atoms with van der Waals surface area (Å²) in [6.45, 7) is 2.03. The monoisotopic (exact) mass is 410 g/mol. The van der Waals surface area contributed by atoms with Crippen molar-refractivity contribution in [3.8, 4) is 17.0 Å². The molecule has 150 valence electrons. The van der Waals surface area contributed by atoms with Gasteiger partial charge in [0.25, 0.3) is 0 Å². The average Bonchev–Trinajstić information content (AvgIpc) is 2.89. The van der Waals surface area contributed by atoms with Crippen molar-refractivity contribution in [2.45, 2.75) is 52.9 Å². The van der Waals surface area contributed by atoms with Crippen molar-refractivity contribution in [3.63, 3.8) is 0 Å². The number of hydrogen-bond acceptors (Lipinski definition) is 2. The zero-order valence-electron chi connectivity index (χ0n) is 15.1. The van der Waals surface area contributed by atoms with Crippen LogP contribution in [-0.2, 0) is 19.4 Å². The summed E-state index contributed by atoms with van der Waals surface area (Å²) in [6, 6.07) is 4.12. The third kappa shape index (κ3) is 4.91. The minimum absolute atomic E-state index is 0.226. The predicted molar refractivity (Wildman–Crippen MR) is 93.3 cm³/mol. The molecule has 1 heterocycles. The van der Waals surface area contributed by atoms with Gasteiger partial charge in [-0.25, -0.2) is 0 Å². The van der Waals surface area contributed by atoms with Crippen LogP contribution in [-0.4, -0.2) is 22.6 Å². The van der Waals surface area contributed by atoms with Gasteiger partial charge >= 0.3 is 12.8 Å². The number of ether oxygens (including phenoxy) is 1. The first-order valence-electron chi connectivity index (χ1n) is 8.48. The lowest BCUT2D eigenvalue weighted by Gasteiger charge is -2.18. The van der Waals surface area contributed by atoms with Crippen LogP contribution in [0.25, 0.3) is 11.3 Å². The summed E-state index contributed by atoms with van der Waals surface area (Å²) in [6.07, 6.45) is -4.17. The van der Waals surface area contributed by atoms with Crippen LogP contribution in [0.2, 0.25) is 5.02 Å². The normalized spacial score (nSPS) is 13.3. The minimum Gasteiger partial charge on any atom is -0.434 e. The van der Waals surface area contributed by atoms with E-state index in [4.69, 9.17) is 11.6 Å². The first-order valence-corrected chi connectivity index (χ1v) is 8.86. The fourth-order valence-electron chi connectivity index (χ4n) is 2.75. The number of hydrogen-bond donors (Lipinski definition) is 0. The van der Waals surface area contributed by atoms with Crippen LogP contribution in [0, 0.1) is 5.92 Å². The quantitative estimate of drug-likeness (QED) is 0.513. The number of nitrogens with zero attached hydrogens (tertiary/aromatic N) is 2. The summed E-state index contributed by atoms with van der Waals surface area (Å²) in [7, 11) is 0. The number of rotatable bonds is 7. The van der Waals surface area contributed by atoms with Crippen molar-refractivity contribution in [1.82, 2.24) is 9.78 Å². The van der Waals surface area contributed by atoms with E-state index < -0.39 is 18.7 Å². The Morgan fingerprint density at radius 1 is 1.22 bits per heavy atom. The SMILES string of the molecule is CCc1nn(CC)c(-c2ccc(C[C@H](C)C(F)(F)F)cc2OC(F)F)c1Cl. The predicted octanol–water partition coefficient (Wildman–Crippen LogP) is 6.13. The molecular weight excluding hydrogens is 391 g/mol. The van der Waals surface area contributed by atoms with Crippen LogP contribution in [0.4, 0.5) is 22.0 Å². The van der Waals surface area contributed by atoms with Gasteiger partial charge in [-0.05, 0) is 37.5 Å². The number of alkyl halides is 5. The van der Waals surface area contributed by atoms with Crippen molar-refractivity contribution in [1.29, 1.82) is 0 Å². The molecule has 0 amide bonds. The lowest BCUT2D eigenvalue weighted by Crippen LogP contribution is -2.21. The van der Waals surface area contributed by atoms with Gasteiger partial charge in [-0.2, -0.15) is 27.1 Å². The minimum atomic E-state index is -4.37. The maximum Gasteiger partial charge on any atom is 0.391 e. The molecule has 0 radical (unpaired) electrons. The van der Waals surface area contributed by atoms with Crippen LogP contribution >= 0.6 is 11.6 Å². The van der Waals surface area contributed by atoms with Crippen molar-refractivity contribution < 1.29 is 26.7 Å². The second kappa shape index (κ2) is 8.46. The second-order valence-corrected chi connectivity index (χ2v) is 6.51. The second-order valence-electron chi connectivity index (χ2n) is 6.13. The fourth-order valence-corrected chi connectivity index (χ4v) is 3.12. The summed E-state index contributed by atoms with van der Waals surface area (Å²) in [5.74, 6) is -1.84. The molecule has 1 aromatic heterocycles. The Kier molecular flexibility index (Phi) is 6.72. The van der Waals surface area contributed by atoms with Gasteiger partial charge in [0.05, 0.1) is 22.3 Å². The smallest absolute Gasteiger partial charge is 0.391 e. The molecule has 0 aliphatic carbocycles. The van der Waals surface area contributed by atoms with Gasteiger partial charge in [0.15, 0.2) is 0 Å². The molecule has 27 heavy (non-hydrogen) atoms. The largest absolute Gasteiger partial charge is 0.434 e. The Morgan fingerprint density at radius 3 is 2.41 bits per heavy atom. The fraction of sp³-hybridized carbons (Fsp3) is 0.500. The summed E-state index contributed by atoms with van der Waals surface area (Å²) < 4.78 is 70.4. The molecule has 2 aromatic rings. The highest BCUT2D eigenvalue weighted by Crippen LogP contribution is 2.39. The first kappa shape index (κ1) is 21.5. The topological polar surface area (TPSA) is 27.1 Å². The highest BCUT2D eigenvalue weighted by Gasteiger charge is 2.36. The molecule has 0 aliphatic heterocycles.